The van der Waals surface area contributed by atoms with Gasteiger partial charge in [-0.3, -0.25) is 19.7 Å². The molecule has 3 heterocycles. The Kier molecular flexibility index (Phi) is 7.17. The summed E-state index contributed by atoms with van der Waals surface area (Å²) in [4.78, 5) is 23.3. The molecule has 0 aliphatic carbocycles. The van der Waals surface area contributed by atoms with Gasteiger partial charge in [-0.15, -0.1) is 0 Å². The zero-order chi connectivity index (χ0) is 20.8. The summed E-state index contributed by atoms with van der Waals surface area (Å²) in [7, 11) is 1.71. The summed E-state index contributed by atoms with van der Waals surface area (Å²) in [5.41, 5.74) is 4.85. The molecule has 1 aliphatic heterocycles. The van der Waals surface area contributed by atoms with Crippen LogP contribution in [0.25, 0.3) is 0 Å². The van der Waals surface area contributed by atoms with Gasteiger partial charge in [0.05, 0.1) is 25.0 Å². The number of aliphatic hydroxyl groups excluding tert-OH is 1. The largest absolute Gasteiger partial charge is 0.496 e. The molecule has 0 bridgehead atoms. The second kappa shape index (κ2) is 9.80. The average Bonchev–Trinajstić information content (AvgIpc) is 3.15. The van der Waals surface area contributed by atoms with Gasteiger partial charge < -0.3 is 15.2 Å². The van der Waals surface area contributed by atoms with Crippen molar-refractivity contribution in [3.63, 3.8) is 0 Å². The number of ether oxygens (including phenoxy) is 1. The number of carbonyl (C=O) groups is 1. The predicted octanol–water partition coefficient (Wildman–Crippen LogP) is 1.89. The number of likely N-dealkylation sites (tertiary alicyclic amines) is 1. The second-order valence-electron chi connectivity index (χ2n) is 7.70. The molecule has 0 radical (unpaired) electrons. The number of nitrogens with one attached hydrogen (secondary N) is 1. The van der Waals surface area contributed by atoms with Crippen LogP contribution >= 0.6 is 0 Å². The molecule has 1 atom stereocenters. The summed E-state index contributed by atoms with van der Waals surface area (Å²) in [6.45, 7) is 7.11. The van der Waals surface area contributed by atoms with E-state index in [0.717, 1.165) is 60.6 Å². The lowest BCUT2D eigenvalue weighted by atomic mass is 9.99. The molecule has 1 unspecified atom stereocenters. The van der Waals surface area contributed by atoms with Crippen molar-refractivity contribution in [1.29, 1.82) is 0 Å². The molecule has 2 N–H and O–H groups in total. The Labute approximate surface area is 172 Å². The third-order valence-electron chi connectivity index (χ3n) is 5.47. The Morgan fingerprint density at radius 3 is 2.93 bits per heavy atom. The molecule has 7 heteroatoms. The minimum absolute atomic E-state index is 0.0715. The fourth-order valence-corrected chi connectivity index (χ4v) is 3.99. The Balaban J connectivity index is 1.59. The van der Waals surface area contributed by atoms with E-state index in [0.29, 0.717) is 11.5 Å². The summed E-state index contributed by atoms with van der Waals surface area (Å²) in [6.07, 6.45) is 7.30. The van der Waals surface area contributed by atoms with E-state index in [9.17, 15) is 4.79 Å². The minimum Gasteiger partial charge on any atom is -0.496 e. The van der Waals surface area contributed by atoms with Crippen LogP contribution in [0.2, 0.25) is 0 Å². The van der Waals surface area contributed by atoms with Crippen molar-refractivity contribution in [1.82, 2.24) is 20.2 Å². The zero-order valence-corrected chi connectivity index (χ0v) is 17.4. The summed E-state index contributed by atoms with van der Waals surface area (Å²) in [5.74, 6) is 1.25. The molecule has 0 aromatic carbocycles. The van der Waals surface area contributed by atoms with E-state index >= 15 is 0 Å². The van der Waals surface area contributed by atoms with E-state index in [1.54, 1.807) is 13.3 Å². The predicted molar refractivity (Wildman–Crippen MR) is 111 cm³/mol. The normalized spacial score (nSPS) is 16.8. The summed E-state index contributed by atoms with van der Waals surface area (Å²) in [6, 6.07) is 1.90. The molecule has 0 spiro atoms. The number of aryl methyl sites for hydroxylation is 1. The molecular weight excluding hydrogens is 368 g/mol. The SMILES string of the molecule is COc1c(C)cnc(CN2CCC(Cc3cncc(C(=O)NCCO)c3)C2)c1C. The van der Waals surface area contributed by atoms with Gasteiger partial charge in [0.25, 0.3) is 5.91 Å². The van der Waals surface area contributed by atoms with Gasteiger partial charge in [0.2, 0.25) is 0 Å². The molecule has 156 valence electrons. The fourth-order valence-electron chi connectivity index (χ4n) is 3.99. The lowest BCUT2D eigenvalue weighted by Crippen LogP contribution is -2.26. The Morgan fingerprint density at radius 1 is 1.34 bits per heavy atom. The molecule has 2 aromatic heterocycles. The first-order valence-corrected chi connectivity index (χ1v) is 10.1. The average molecular weight is 399 g/mol. The van der Waals surface area contributed by atoms with Gasteiger partial charge in [0.15, 0.2) is 0 Å². The summed E-state index contributed by atoms with van der Waals surface area (Å²) in [5, 5.41) is 11.5. The summed E-state index contributed by atoms with van der Waals surface area (Å²) < 4.78 is 5.52. The zero-order valence-electron chi connectivity index (χ0n) is 17.4. The van der Waals surface area contributed by atoms with Gasteiger partial charge in [-0.25, -0.2) is 0 Å². The Morgan fingerprint density at radius 2 is 2.17 bits per heavy atom. The fraction of sp³-hybridized carbons (Fsp3) is 0.500. The molecule has 1 amide bonds. The number of pyridine rings is 2. The minimum atomic E-state index is -0.198. The molecule has 2 aromatic rings. The summed E-state index contributed by atoms with van der Waals surface area (Å²) >= 11 is 0. The highest BCUT2D eigenvalue weighted by molar-refractivity contribution is 5.93. The number of carbonyl (C=O) groups excluding carboxylic acids is 1. The monoisotopic (exact) mass is 398 g/mol. The van der Waals surface area contributed by atoms with E-state index in [2.05, 4.69) is 27.1 Å². The van der Waals surface area contributed by atoms with Crippen LogP contribution in [0.1, 0.15) is 39.2 Å². The maximum atomic E-state index is 12.1. The van der Waals surface area contributed by atoms with Crippen LogP contribution in [0, 0.1) is 19.8 Å². The maximum Gasteiger partial charge on any atom is 0.252 e. The van der Waals surface area contributed by atoms with Gasteiger partial charge in [0, 0.05) is 49.4 Å². The molecule has 3 rings (SSSR count). The third-order valence-corrected chi connectivity index (χ3v) is 5.47. The number of methoxy groups -OCH3 is 1. The van der Waals surface area contributed by atoms with Crippen molar-refractivity contribution in [2.75, 3.05) is 33.4 Å². The first-order valence-electron chi connectivity index (χ1n) is 10.1. The van der Waals surface area contributed by atoms with Crippen molar-refractivity contribution in [2.24, 2.45) is 5.92 Å². The van der Waals surface area contributed by atoms with Gasteiger partial charge in [0.1, 0.15) is 5.75 Å². The van der Waals surface area contributed by atoms with E-state index in [-0.39, 0.29) is 19.1 Å². The van der Waals surface area contributed by atoms with Crippen molar-refractivity contribution < 1.29 is 14.6 Å². The van der Waals surface area contributed by atoms with Gasteiger partial charge in [-0.2, -0.15) is 0 Å². The van der Waals surface area contributed by atoms with Gasteiger partial charge >= 0.3 is 0 Å². The van der Waals surface area contributed by atoms with E-state index < -0.39 is 0 Å². The number of nitrogens with zero attached hydrogens (tertiary/aromatic N) is 3. The number of hydrogen-bond donors (Lipinski definition) is 2. The number of hydrogen-bond acceptors (Lipinski definition) is 6. The van der Waals surface area contributed by atoms with Crippen molar-refractivity contribution in [2.45, 2.75) is 33.2 Å². The van der Waals surface area contributed by atoms with Crippen LogP contribution in [0.15, 0.2) is 24.7 Å². The molecule has 29 heavy (non-hydrogen) atoms. The van der Waals surface area contributed by atoms with Crippen molar-refractivity contribution >= 4 is 5.91 Å². The second-order valence-corrected chi connectivity index (χ2v) is 7.70. The molecule has 1 aliphatic rings. The standard InChI is InChI=1S/C22H30N4O3/c1-15-10-25-20(16(2)21(15)29-3)14-26-6-4-17(13-26)8-18-9-19(12-23-11-18)22(28)24-5-7-27/h9-12,17,27H,4-8,13-14H2,1-3H3,(H,24,28). The van der Waals surface area contributed by atoms with E-state index in [1.807, 2.05) is 25.4 Å². The molecule has 1 saturated heterocycles. The van der Waals surface area contributed by atoms with E-state index in [4.69, 9.17) is 9.84 Å². The smallest absolute Gasteiger partial charge is 0.252 e. The molecule has 1 fully saturated rings. The molecular formula is C22H30N4O3. The maximum absolute atomic E-state index is 12.1. The van der Waals surface area contributed by atoms with Gasteiger partial charge in [-0.1, -0.05) is 0 Å². The number of rotatable bonds is 8. The highest BCUT2D eigenvalue weighted by atomic mass is 16.5. The lowest BCUT2D eigenvalue weighted by Gasteiger charge is -2.19. The van der Waals surface area contributed by atoms with Crippen LogP contribution in [-0.2, 0) is 13.0 Å². The topological polar surface area (TPSA) is 87.6 Å². The van der Waals surface area contributed by atoms with Crippen LogP contribution in [0.3, 0.4) is 0 Å². The first-order chi connectivity index (χ1) is 14.0. The third kappa shape index (κ3) is 5.31. The van der Waals surface area contributed by atoms with Crippen LogP contribution < -0.4 is 10.1 Å². The van der Waals surface area contributed by atoms with Crippen LogP contribution in [0.5, 0.6) is 5.75 Å². The van der Waals surface area contributed by atoms with Crippen molar-refractivity contribution in [3.8, 4) is 5.75 Å². The number of amides is 1. The highest BCUT2D eigenvalue weighted by Crippen LogP contribution is 2.27. The number of aliphatic hydroxyl groups is 1. The van der Waals surface area contributed by atoms with E-state index in [1.165, 1.54) is 0 Å². The highest BCUT2D eigenvalue weighted by Gasteiger charge is 2.24. The number of aromatic nitrogens is 2. The quantitative estimate of drug-likeness (QED) is 0.706. The van der Waals surface area contributed by atoms with Crippen molar-refractivity contribution in [3.05, 3.63) is 52.6 Å². The van der Waals surface area contributed by atoms with Gasteiger partial charge in [-0.05, 0) is 50.8 Å². The molecule has 7 nitrogen and oxygen atoms in total. The van der Waals surface area contributed by atoms with Crippen LogP contribution in [-0.4, -0.2) is 59.2 Å². The first kappa shape index (κ1) is 21.2. The van der Waals surface area contributed by atoms with Crippen LogP contribution in [0.4, 0.5) is 0 Å². The Hall–Kier alpha value is -2.51. The molecule has 0 saturated carbocycles. The lowest BCUT2D eigenvalue weighted by molar-refractivity contribution is 0.0944. The Bertz CT molecular complexity index is 856.